The molecular formula is C17H27NO5S. The van der Waals surface area contributed by atoms with Gasteiger partial charge in [-0.1, -0.05) is 39.0 Å². The first-order chi connectivity index (χ1) is 10.7. The smallest absolute Gasteiger partial charge is 0.421 e. The first-order valence-corrected chi connectivity index (χ1v) is 9.22. The topological polar surface area (TPSA) is 92.7 Å². The number of carbonyl (C=O) groups excluding carboxylic acids is 1. The van der Waals surface area contributed by atoms with Gasteiger partial charge in [-0.05, 0) is 37.8 Å². The average molecular weight is 357 g/mol. The highest BCUT2D eigenvalue weighted by atomic mass is 32.2. The van der Waals surface area contributed by atoms with Gasteiger partial charge >= 0.3 is 6.09 Å². The zero-order valence-electron chi connectivity index (χ0n) is 15.1. The Morgan fingerprint density at radius 3 is 2.21 bits per heavy atom. The van der Waals surface area contributed by atoms with Gasteiger partial charge in [0.1, 0.15) is 5.60 Å². The van der Waals surface area contributed by atoms with Gasteiger partial charge in [-0.15, -0.1) is 0 Å². The van der Waals surface area contributed by atoms with Gasteiger partial charge in [0.2, 0.25) is 0 Å². The summed E-state index contributed by atoms with van der Waals surface area (Å²) in [4.78, 5) is 11.7. The molecule has 1 aromatic rings. The van der Waals surface area contributed by atoms with Crippen LogP contribution in [0.3, 0.4) is 0 Å². The van der Waals surface area contributed by atoms with E-state index in [0.29, 0.717) is 5.56 Å². The van der Waals surface area contributed by atoms with Crippen LogP contribution in [-0.4, -0.2) is 31.3 Å². The van der Waals surface area contributed by atoms with E-state index >= 15 is 0 Å². The second-order valence-electron chi connectivity index (χ2n) is 7.80. The zero-order valence-corrected chi connectivity index (χ0v) is 15.9. The van der Waals surface area contributed by atoms with Crippen LogP contribution >= 0.6 is 0 Å². The largest absolute Gasteiger partial charge is 0.443 e. The highest BCUT2D eigenvalue weighted by Crippen LogP contribution is 2.25. The number of aliphatic hydroxyl groups is 1. The summed E-state index contributed by atoms with van der Waals surface area (Å²) in [5.41, 5.74) is -0.757. The van der Waals surface area contributed by atoms with E-state index in [0.717, 1.165) is 0 Å². The van der Waals surface area contributed by atoms with Crippen LogP contribution in [-0.2, 0) is 21.2 Å². The molecule has 0 aliphatic heterocycles. The van der Waals surface area contributed by atoms with E-state index in [1.807, 2.05) is 25.5 Å². The summed E-state index contributed by atoms with van der Waals surface area (Å²) in [6.07, 6.45) is -1.60. The summed E-state index contributed by atoms with van der Waals surface area (Å²) in [6, 6.07) is 6.28. The molecular weight excluding hydrogens is 330 g/mol. The maximum Gasteiger partial charge on any atom is 0.421 e. The van der Waals surface area contributed by atoms with Crippen molar-refractivity contribution in [1.29, 1.82) is 0 Å². The molecule has 1 amide bonds. The average Bonchev–Trinajstić information content (AvgIpc) is 2.34. The summed E-state index contributed by atoms with van der Waals surface area (Å²) < 4.78 is 31.9. The van der Waals surface area contributed by atoms with E-state index in [2.05, 4.69) is 0 Å². The maximum atomic E-state index is 12.5. The molecule has 0 aliphatic carbocycles. The first kappa shape index (κ1) is 20.4. The number of nitrogens with one attached hydrogen (secondary N) is 1. The molecule has 0 heterocycles. The van der Waals surface area contributed by atoms with Crippen LogP contribution in [0, 0.1) is 5.41 Å². The molecule has 0 saturated heterocycles. The zero-order chi connectivity index (χ0) is 18.8. The van der Waals surface area contributed by atoms with Gasteiger partial charge in [0.15, 0.2) is 0 Å². The third-order valence-electron chi connectivity index (χ3n) is 3.29. The number of ether oxygens (including phenoxy) is 1. The van der Waals surface area contributed by atoms with Crippen LogP contribution in [0.1, 0.15) is 47.1 Å². The van der Waals surface area contributed by atoms with Crippen molar-refractivity contribution in [3.8, 4) is 0 Å². The Labute approximate surface area is 144 Å². The third-order valence-corrected chi connectivity index (χ3v) is 4.70. The number of rotatable bonds is 4. The second kappa shape index (κ2) is 7.11. The fraction of sp³-hybridized carbons (Fsp3) is 0.588. The van der Waals surface area contributed by atoms with E-state index in [9.17, 15) is 18.3 Å². The van der Waals surface area contributed by atoms with Gasteiger partial charge in [0.25, 0.3) is 10.0 Å². The lowest BCUT2D eigenvalue weighted by molar-refractivity contribution is 0.0570. The molecule has 24 heavy (non-hydrogen) atoms. The fourth-order valence-corrected chi connectivity index (χ4v) is 3.04. The fourth-order valence-electron chi connectivity index (χ4n) is 1.91. The second-order valence-corrected chi connectivity index (χ2v) is 9.45. The number of amides is 1. The van der Waals surface area contributed by atoms with Gasteiger partial charge in [0, 0.05) is 6.42 Å². The number of benzene rings is 1. The molecule has 0 bridgehead atoms. The number of hydrogen-bond donors (Lipinski definition) is 2. The Hall–Kier alpha value is -1.60. The van der Waals surface area contributed by atoms with Crippen LogP contribution in [0.2, 0.25) is 0 Å². The van der Waals surface area contributed by atoms with Crippen LogP contribution in [0.15, 0.2) is 29.2 Å². The maximum absolute atomic E-state index is 12.5. The summed E-state index contributed by atoms with van der Waals surface area (Å²) in [5.74, 6) is 0. The van der Waals surface area contributed by atoms with Crippen LogP contribution in [0.25, 0.3) is 0 Å². The van der Waals surface area contributed by atoms with E-state index in [1.54, 1.807) is 39.0 Å². The number of hydrogen-bond acceptors (Lipinski definition) is 5. The molecule has 1 atom stereocenters. The van der Waals surface area contributed by atoms with E-state index in [1.165, 1.54) is 6.07 Å². The van der Waals surface area contributed by atoms with E-state index in [4.69, 9.17) is 4.74 Å². The monoisotopic (exact) mass is 357 g/mol. The van der Waals surface area contributed by atoms with Crippen LogP contribution in [0.4, 0.5) is 4.79 Å². The lowest BCUT2D eigenvalue weighted by Crippen LogP contribution is -2.37. The molecule has 0 aliphatic rings. The molecule has 0 spiro atoms. The minimum absolute atomic E-state index is 0.0424. The Balaban J connectivity index is 3.07. The first-order valence-electron chi connectivity index (χ1n) is 7.74. The Morgan fingerprint density at radius 2 is 1.71 bits per heavy atom. The van der Waals surface area contributed by atoms with Gasteiger partial charge in [-0.2, -0.15) is 0 Å². The molecule has 1 unspecified atom stereocenters. The Kier molecular flexibility index (Phi) is 6.05. The Morgan fingerprint density at radius 1 is 1.17 bits per heavy atom. The molecule has 6 nitrogen and oxygen atoms in total. The standard InChI is InChI=1S/C17H27NO5S/c1-16(2,3)14(19)11-12-9-7-8-10-13(12)24(21,22)18-15(20)23-17(4,5)6/h7-10,14,19H,11H2,1-6H3,(H,18,20). The molecule has 0 radical (unpaired) electrons. The van der Waals surface area contributed by atoms with Crippen molar-refractivity contribution >= 4 is 16.1 Å². The number of aliphatic hydroxyl groups excluding tert-OH is 1. The molecule has 1 aromatic carbocycles. The third kappa shape index (κ3) is 6.13. The van der Waals surface area contributed by atoms with Crippen molar-refractivity contribution in [3.05, 3.63) is 29.8 Å². The van der Waals surface area contributed by atoms with Crippen LogP contribution < -0.4 is 4.72 Å². The van der Waals surface area contributed by atoms with E-state index < -0.39 is 33.2 Å². The predicted molar refractivity (Wildman–Crippen MR) is 92.2 cm³/mol. The van der Waals surface area contributed by atoms with Crippen molar-refractivity contribution < 1.29 is 23.1 Å². The molecule has 2 N–H and O–H groups in total. The summed E-state index contributed by atoms with van der Waals surface area (Å²) >= 11 is 0. The molecule has 0 fully saturated rings. The number of sulfonamides is 1. The highest BCUT2D eigenvalue weighted by molar-refractivity contribution is 7.90. The van der Waals surface area contributed by atoms with Crippen molar-refractivity contribution in [1.82, 2.24) is 4.72 Å². The quantitative estimate of drug-likeness (QED) is 0.864. The molecule has 7 heteroatoms. The van der Waals surface area contributed by atoms with E-state index in [-0.39, 0.29) is 11.3 Å². The molecule has 0 saturated carbocycles. The molecule has 1 rings (SSSR count). The predicted octanol–water partition coefficient (Wildman–Crippen LogP) is 2.85. The minimum atomic E-state index is -4.09. The minimum Gasteiger partial charge on any atom is -0.443 e. The van der Waals surface area contributed by atoms with Gasteiger partial charge in [0.05, 0.1) is 11.0 Å². The number of carbonyl (C=O) groups is 1. The summed E-state index contributed by atoms with van der Waals surface area (Å²) in [6.45, 7) is 10.5. The van der Waals surface area contributed by atoms with Crippen molar-refractivity contribution in [2.24, 2.45) is 5.41 Å². The van der Waals surface area contributed by atoms with Gasteiger partial charge in [-0.25, -0.2) is 17.9 Å². The Bertz CT molecular complexity index is 684. The SMILES string of the molecule is CC(C)(C)OC(=O)NS(=O)(=O)c1ccccc1CC(O)C(C)(C)C. The van der Waals surface area contributed by atoms with Gasteiger partial charge in [-0.3, -0.25) is 0 Å². The summed E-state index contributed by atoms with van der Waals surface area (Å²) in [5, 5.41) is 10.3. The lowest BCUT2D eigenvalue weighted by Gasteiger charge is -2.26. The molecule has 136 valence electrons. The molecule has 0 aromatic heterocycles. The van der Waals surface area contributed by atoms with Crippen molar-refractivity contribution in [2.45, 2.75) is 64.6 Å². The lowest BCUT2D eigenvalue weighted by atomic mass is 9.85. The highest BCUT2D eigenvalue weighted by Gasteiger charge is 2.28. The van der Waals surface area contributed by atoms with Gasteiger partial charge < -0.3 is 9.84 Å². The normalized spacial score (nSPS) is 14.1. The van der Waals surface area contributed by atoms with Crippen LogP contribution in [0.5, 0.6) is 0 Å². The van der Waals surface area contributed by atoms with Crippen molar-refractivity contribution in [2.75, 3.05) is 0 Å². The van der Waals surface area contributed by atoms with Crippen molar-refractivity contribution in [3.63, 3.8) is 0 Å². The summed E-state index contributed by atoms with van der Waals surface area (Å²) in [7, 11) is -4.09.